The van der Waals surface area contributed by atoms with Gasteiger partial charge in [0.25, 0.3) is 0 Å². The van der Waals surface area contributed by atoms with Gasteiger partial charge in [-0.15, -0.1) is 0 Å². The molecule has 4 heteroatoms. The highest BCUT2D eigenvalue weighted by molar-refractivity contribution is 5.88. The number of nitrogens with one attached hydrogen (secondary N) is 2. The number of likely N-dealkylation sites (N-methyl/N-ethyl adjacent to an activating group) is 1. The number of benzene rings is 1. The molecule has 1 aliphatic heterocycles. The van der Waals surface area contributed by atoms with E-state index < -0.39 is 0 Å². The van der Waals surface area contributed by atoms with E-state index in [4.69, 9.17) is 0 Å². The maximum Gasteiger partial charge on any atom is 0.220 e. The van der Waals surface area contributed by atoms with Gasteiger partial charge in [-0.3, -0.25) is 4.79 Å². The van der Waals surface area contributed by atoms with Crippen molar-refractivity contribution in [3.8, 4) is 0 Å². The molecule has 2 aromatic rings. The molecule has 0 radical (unpaired) electrons. The van der Waals surface area contributed by atoms with Gasteiger partial charge < -0.3 is 15.2 Å². The van der Waals surface area contributed by atoms with Crippen molar-refractivity contribution in [3.63, 3.8) is 0 Å². The Bertz CT molecular complexity index is 820. The summed E-state index contributed by atoms with van der Waals surface area (Å²) in [6, 6.07) is 7.67. The van der Waals surface area contributed by atoms with Gasteiger partial charge in [0.05, 0.1) is 0 Å². The third kappa shape index (κ3) is 2.75. The van der Waals surface area contributed by atoms with Crippen molar-refractivity contribution >= 4 is 16.8 Å². The number of carbonyl (C=O) groups is 1. The van der Waals surface area contributed by atoms with E-state index in [1.807, 2.05) is 0 Å². The van der Waals surface area contributed by atoms with Crippen LogP contribution in [0.3, 0.4) is 0 Å². The lowest BCUT2D eigenvalue weighted by Gasteiger charge is -2.45. The monoisotopic (exact) mass is 351 g/mol. The molecule has 138 valence electrons. The van der Waals surface area contributed by atoms with Crippen molar-refractivity contribution < 1.29 is 4.79 Å². The van der Waals surface area contributed by atoms with E-state index in [9.17, 15) is 4.79 Å². The average Bonchev–Trinajstić information content (AvgIpc) is 3.27. The first kappa shape index (κ1) is 16.4. The van der Waals surface area contributed by atoms with Crippen molar-refractivity contribution in [1.82, 2.24) is 15.2 Å². The molecular formula is C22H29N3O. The largest absolute Gasteiger partial charge is 0.361 e. The van der Waals surface area contributed by atoms with Crippen LogP contribution in [-0.2, 0) is 11.2 Å². The summed E-state index contributed by atoms with van der Waals surface area (Å²) in [4.78, 5) is 18.5. The van der Waals surface area contributed by atoms with E-state index in [1.54, 1.807) is 0 Å². The fourth-order valence-corrected chi connectivity index (χ4v) is 5.82. The molecule has 0 spiro atoms. The molecule has 2 N–H and O–H groups in total. The first-order chi connectivity index (χ1) is 12.7. The van der Waals surface area contributed by atoms with Gasteiger partial charge in [-0.25, -0.2) is 0 Å². The molecule has 0 bridgehead atoms. The van der Waals surface area contributed by atoms with Gasteiger partial charge in [0.2, 0.25) is 5.91 Å². The summed E-state index contributed by atoms with van der Waals surface area (Å²) in [6.45, 7) is 1.04. The molecule has 1 aromatic carbocycles. The van der Waals surface area contributed by atoms with Crippen LogP contribution in [0.25, 0.3) is 10.9 Å². The van der Waals surface area contributed by atoms with Crippen LogP contribution < -0.4 is 5.32 Å². The summed E-state index contributed by atoms with van der Waals surface area (Å²) >= 11 is 0. The maximum absolute atomic E-state index is 12.5. The van der Waals surface area contributed by atoms with E-state index in [-0.39, 0.29) is 5.91 Å². The first-order valence-electron chi connectivity index (χ1n) is 10.3. The molecule has 2 heterocycles. The molecule has 4 nitrogen and oxygen atoms in total. The van der Waals surface area contributed by atoms with Crippen LogP contribution in [0.1, 0.15) is 55.6 Å². The van der Waals surface area contributed by atoms with E-state index in [0.717, 1.165) is 19.4 Å². The van der Waals surface area contributed by atoms with Gasteiger partial charge in [-0.1, -0.05) is 25.0 Å². The Morgan fingerprint density at radius 2 is 2.15 bits per heavy atom. The molecule has 26 heavy (non-hydrogen) atoms. The number of aromatic amines is 1. The highest BCUT2D eigenvalue weighted by Gasteiger charge is 2.39. The molecule has 5 rings (SSSR count). The number of hydrogen-bond acceptors (Lipinski definition) is 2. The Kier molecular flexibility index (Phi) is 4.04. The third-order valence-corrected chi connectivity index (χ3v) is 7.01. The summed E-state index contributed by atoms with van der Waals surface area (Å²) in [5.41, 5.74) is 4.21. The number of rotatable bonds is 3. The molecule has 1 amide bonds. The molecule has 2 aliphatic carbocycles. The second-order valence-electron chi connectivity index (χ2n) is 8.76. The fourth-order valence-electron chi connectivity index (χ4n) is 5.82. The summed E-state index contributed by atoms with van der Waals surface area (Å²) < 4.78 is 0. The quantitative estimate of drug-likeness (QED) is 0.888. The van der Waals surface area contributed by atoms with E-state index in [2.05, 4.69) is 46.6 Å². The number of fused-ring (bicyclic) bond motifs is 2. The minimum absolute atomic E-state index is 0.269. The topological polar surface area (TPSA) is 48.1 Å². The SMILES string of the molecule is CN1C[C@H](CC(=O)NC2CCCC2)CC2c3cccc4[nH]cc(c34)C[C@H]21. The zero-order valence-corrected chi connectivity index (χ0v) is 15.6. The summed E-state index contributed by atoms with van der Waals surface area (Å²) in [5.74, 6) is 1.27. The van der Waals surface area contributed by atoms with Crippen LogP contribution in [0.5, 0.6) is 0 Å². The second-order valence-corrected chi connectivity index (χ2v) is 8.76. The smallest absolute Gasteiger partial charge is 0.220 e. The number of likely N-dealkylation sites (tertiary alicyclic amines) is 1. The van der Waals surface area contributed by atoms with Gasteiger partial charge in [-0.05, 0) is 55.8 Å². The van der Waals surface area contributed by atoms with Gasteiger partial charge in [0.1, 0.15) is 0 Å². The minimum atomic E-state index is 0.269. The molecule has 1 unspecified atom stereocenters. The first-order valence-corrected chi connectivity index (χ1v) is 10.3. The van der Waals surface area contributed by atoms with Crippen LogP contribution in [0.4, 0.5) is 0 Å². The van der Waals surface area contributed by atoms with Crippen LogP contribution in [0.15, 0.2) is 24.4 Å². The average molecular weight is 351 g/mol. The number of nitrogens with zero attached hydrogens (tertiary/aromatic N) is 1. The fraction of sp³-hybridized carbons (Fsp3) is 0.591. The standard InChI is InChI=1S/C22H29N3O/c1-25-13-14(10-21(26)24-16-5-2-3-6-16)9-18-17-7-4-8-19-22(17)15(12-23-19)11-20(18)25/h4,7-8,12,14,16,18,20,23H,2-3,5-6,9-11,13H2,1H3,(H,24,26)/t14-,18?,20+/m0/s1. The molecule has 3 aliphatic rings. The Labute approximate surface area is 155 Å². The summed E-state index contributed by atoms with van der Waals surface area (Å²) in [7, 11) is 2.25. The normalized spacial score (nSPS) is 29.0. The van der Waals surface area contributed by atoms with E-state index in [0.29, 0.717) is 30.3 Å². The van der Waals surface area contributed by atoms with Crippen molar-refractivity contribution in [3.05, 3.63) is 35.5 Å². The third-order valence-electron chi connectivity index (χ3n) is 7.01. The summed E-state index contributed by atoms with van der Waals surface area (Å²) in [6.07, 6.45) is 10.0. The minimum Gasteiger partial charge on any atom is -0.361 e. The lowest BCUT2D eigenvalue weighted by molar-refractivity contribution is -0.123. The Balaban J connectivity index is 1.35. The summed E-state index contributed by atoms with van der Waals surface area (Å²) in [5, 5.41) is 4.72. The highest BCUT2D eigenvalue weighted by atomic mass is 16.1. The molecule has 1 saturated heterocycles. The molecular weight excluding hydrogens is 322 g/mol. The van der Waals surface area contributed by atoms with Crippen molar-refractivity contribution in [1.29, 1.82) is 0 Å². The predicted octanol–water partition coefficient (Wildman–Crippen LogP) is 3.58. The molecule has 3 atom stereocenters. The highest BCUT2D eigenvalue weighted by Crippen LogP contribution is 2.44. The van der Waals surface area contributed by atoms with E-state index >= 15 is 0 Å². The van der Waals surface area contributed by atoms with Gasteiger partial charge in [0.15, 0.2) is 0 Å². The maximum atomic E-state index is 12.5. The van der Waals surface area contributed by atoms with Gasteiger partial charge >= 0.3 is 0 Å². The Morgan fingerprint density at radius 3 is 3.00 bits per heavy atom. The number of H-pyrrole nitrogens is 1. The zero-order chi connectivity index (χ0) is 17.7. The van der Waals surface area contributed by atoms with Gasteiger partial charge in [0, 0.05) is 48.1 Å². The molecule has 1 saturated carbocycles. The van der Waals surface area contributed by atoms with Crippen LogP contribution in [0, 0.1) is 5.92 Å². The second kappa shape index (κ2) is 6.41. The lowest BCUT2D eigenvalue weighted by atomic mass is 9.72. The number of aromatic nitrogens is 1. The Morgan fingerprint density at radius 1 is 1.31 bits per heavy atom. The van der Waals surface area contributed by atoms with Crippen molar-refractivity contribution in [2.24, 2.45) is 5.92 Å². The van der Waals surface area contributed by atoms with E-state index in [1.165, 1.54) is 47.7 Å². The van der Waals surface area contributed by atoms with Crippen LogP contribution in [-0.4, -0.2) is 41.5 Å². The molecule has 2 fully saturated rings. The lowest BCUT2D eigenvalue weighted by Crippen LogP contribution is -2.48. The number of carbonyl (C=O) groups excluding carboxylic acids is 1. The number of hydrogen-bond donors (Lipinski definition) is 2. The molecule has 1 aromatic heterocycles. The van der Waals surface area contributed by atoms with Crippen molar-refractivity contribution in [2.45, 2.75) is 62.9 Å². The Hall–Kier alpha value is -1.81. The predicted molar refractivity (Wildman–Crippen MR) is 104 cm³/mol. The van der Waals surface area contributed by atoms with Crippen LogP contribution in [0.2, 0.25) is 0 Å². The zero-order valence-electron chi connectivity index (χ0n) is 15.6. The number of amides is 1. The van der Waals surface area contributed by atoms with Crippen molar-refractivity contribution in [2.75, 3.05) is 13.6 Å². The number of piperidine rings is 1. The van der Waals surface area contributed by atoms with Crippen LogP contribution >= 0.6 is 0 Å². The van der Waals surface area contributed by atoms with Gasteiger partial charge in [-0.2, -0.15) is 0 Å².